The molecule has 0 aliphatic heterocycles. The molecular formula is C24H44. The lowest BCUT2D eigenvalue weighted by molar-refractivity contribution is -0.175. The van der Waals surface area contributed by atoms with Crippen LogP contribution in [0.5, 0.6) is 0 Å². The van der Waals surface area contributed by atoms with Crippen molar-refractivity contribution in [3.8, 4) is 0 Å². The molecule has 3 rings (SSSR count). The van der Waals surface area contributed by atoms with Crippen molar-refractivity contribution in [2.45, 2.75) is 69.2 Å². The van der Waals surface area contributed by atoms with E-state index in [4.69, 9.17) is 0 Å². The van der Waals surface area contributed by atoms with Gasteiger partial charge in [0.15, 0.2) is 0 Å². The third-order valence-electron chi connectivity index (χ3n) is 10.8. The van der Waals surface area contributed by atoms with Gasteiger partial charge >= 0.3 is 0 Å². The van der Waals surface area contributed by atoms with Gasteiger partial charge in [0.25, 0.3) is 0 Å². The Labute approximate surface area is 152 Å². The van der Waals surface area contributed by atoms with Gasteiger partial charge in [-0.25, -0.2) is 0 Å². The molecule has 0 aromatic heterocycles. The topological polar surface area (TPSA) is 0 Å². The molecule has 0 bridgehead atoms. The first kappa shape index (κ1) is 18.8. The first-order valence-corrected chi connectivity index (χ1v) is 11.1. The second-order valence-electron chi connectivity index (χ2n) is 10.9. The zero-order valence-corrected chi connectivity index (χ0v) is 18.1. The summed E-state index contributed by atoms with van der Waals surface area (Å²) in [4.78, 5) is 0. The molecule has 24 heavy (non-hydrogen) atoms. The minimum atomic E-state index is 0.889. The minimum absolute atomic E-state index is 0.889. The maximum Gasteiger partial charge on any atom is -0.0318 e. The SMILES string of the molecule is C[C@@H]1[C@H](C)[C@H](C)[C@H]2[C@@H]([C@@H]1C)[C@@H](C)[C@@H](C)[C@H]1[C@@H](C)[C@@H](C)[C@@H](C)[C@@H](C)[C@H]12. The normalized spacial score (nSPS) is 64.2. The van der Waals surface area contributed by atoms with Gasteiger partial charge in [-0.15, -0.1) is 0 Å². The first-order valence-electron chi connectivity index (χ1n) is 11.1. The summed E-state index contributed by atoms with van der Waals surface area (Å²) in [5, 5.41) is 0. The lowest BCUT2D eigenvalue weighted by Crippen LogP contribution is -2.60. The Morgan fingerprint density at radius 1 is 0.208 bits per heavy atom. The van der Waals surface area contributed by atoms with Crippen LogP contribution < -0.4 is 0 Å². The van der Waals surface area contributed by atoms with Crippen LogP contribution in [0.2, 0.25) is 0 Å². The average Bonchev–Trinajstić information content (AvgIpc) is 2.56. The average molecular weight is 333 g/mol. The Balaban J connectivity index is 2.07. The van der Waals surface area contributed by atoms with Crippen LogP contribution in [0.1, 0.15) is 69.2 Å². The standard InChI is InChI=1S/C24H44/c1-11-13(3)17(7)23-21(15(11)5)19(9)20(10)22-16(6)12(2)14(4)18(8)24(22)23/h11-24H,1-10H3/t11-,12+,13+,14-,15-,16+,17+,18-,19+,20-,21+,22-,23+,24-. The molecule has 3 aliphatic rings. The molecule has 0 spiro atoms. The molecule has 140 valence electrons. The largest absolute Gasteiger partial charge is 0.0620 e. The van der Waals surface area contributed by atoms with E-state index in [0.717, 1.165) is 82.9 Å². The van der Waals surface area contributed by atoms with Crippen LogP contribution in [0.4, 0.5) is 0 Å². The van der Waals surface area contributed by atoms with E-state index in [1.165, 1.54) is 0 Å². The fraction of sp³-hybridized carbons (Fsp3) is 1.00. The van der Waals surface area contributed by atoms with Crippen molar-refractivity contribution < 1.29 is 0 Å². The van der Waals surface area contributed by atoms with E-state index in [-0.39, 0.29) is 0 Å². The maximum atomic E-state index is 2.62. The van der Waals surface area contributed by atoms with E-state index in [0.29, 0.717) is 0 Å². The van der Waals surface area contributed by atoms with Crippen molar-refractivity contribution in [2.75, 3.05) is 0 Å². The van der Waals surface area contributed by atoms with Crippen LogP contribution in [0, 0.1) is 82.9 Å². The highest BCUT2D eigenvalue weighted by molar-refractivity contribution is 5.07. The van der Waals surface area contributed by atoms with Gasteiger partial charge in [-0.3, -0.25) is 0 Å². The van der Waals surface area contributed by atoms with Crippen molar-refractivity contribution in [1.29, 1.82) is 0 Å². The zero-order chi connectivity index (χ0) is 18.1. The molecule has 0 nitrogen and oxygen atoms in total. The molecular weight excluding hydrogens is 288 g/mol. The molecule has 0 heteroatoms. The van der Waals surface area contributed by atoms with E-state index in [2.05, 4.69) is 69.2 Å². The summed E-state index contributed by atoms with van der Waals surface area (Å²) >= 11 is 0. The third kappa shape index (κ3) is 2.37. The predicted molar refractivity (Wildman–Crippen MR) is 106 cm³/mol. The van der Waals surface area contributed by atoms with Crippen molar-refractivity contribution in [1.82, 2.24) is 0 Å². The second-order valence-corrected chi connectivity index (χ2v) is 10.9. The summed E-state index contributed by atoms with van der Waals surface area (Å²) in [5.74, 6) is 12.8. The van der Waals surface area contributed by atoms with Crippen molar-refractivity contribution >= 4 is 0 Å². The smallest absolute Gasteiger partial charge is 0.0318 e. The molecule has 0 aromatic carbocycles. The highest BCUT2D eigenvalue weighted by atomic mass is 14.6. The van der Waals surface area contributed by atoms with Gasteiger partial charge in [0.2, 0.25) is 0 Å². The van der Waals surface area contributed by atoms with E-state index in [1.807, 2.05) is 0 Å². The molecule has 3 fully saturated rings. The Morgan fingerprint density at radius 3 is 0.625 bits per heavy atom. The molecule has 0 heterocycles. The summed E-state index contributed by atoms with van der Waals surface area (Å²) in [6.07, 6.45) is 0. The van der Waals surface area contributed by atoms with Gasteiger partial charge in [0.05, 0.1) is 0 Å². The van der Waals surface area contributed by atoms with Gasteiger partial charge in [0, 0.05) is 0 Å². The molecule has 0 saturated heterocycles. The van der Waals surface area contributed by atoms with Gasteiger partial charge in [-0.1, -0.05) is 69.2 Å². The molecule has 0 unspecified atom stereocenters. The van der Waals surface area contributed by atoms with E-state index < -0.39 is 0 Å². The second kappa shape index (κ2) is 6.31. The van der Waals surface area contributed by atoms with E-state index >= 15 is 0 Å². The van der Waals surface area contributed by atoms with Crippen molar-refractivity contribution in [3.05, 3.63) is 0 Å². The van der Waals surface area contributed by atoms with Crippen LogP contribution in [-0.4, -0.2) is 0 Å². The van der Waals surface area contributed by atoms with Crippen molar-refractivity contribution in [3.63, 3.8) is 0 Å². The minimum Gasteiger partial charge on any atom is -0.0620 e. The Kier molecular flexibility index (Phi) is 4.94. The molecule has 0 radical (unpaired) electrons. The number of fused-ring (bicyclic) bond motifs is 3. The quantitative estimate of drug-likeness (QED) is 0.455. The van der Waals surface area contributed by atoms with Gasteiger partial charge < -0.3 is 0 Å². The van der Waals surface area contributed by atoms with Crippen molar-refractivity contribution in [2.24, 2.45) is 82.9 Å². The third-order valence-corrected chi connectivity index (χ3v) is 10.8. The lowest BCUT2D eigenvalue weighted by Gasteiger charge is -2.65. The molecule has 14 atom stereocenters. The number of hydrogen-bond acceptors (Lipinski definition) is 0. The zero-order valence-electron chi connectivity index (χ0n) is 18.1. The van der Waals surface area contributed by atoms with Gasteiger partial charge in [0.1, 0.15) is 0 Å². The summed E-state index contributed by atoms with van der Waals surface area (Å²) in [5.41, 5.74) is 0. The van der Waals surface area contributed by atoms with Crippen LogP contribution in [-0.2, 0) is 0 Å². The fourth-order valence-corrected chi connectivity index (χ4v) is 8.29. The Morgan fingerprint density at radius 2 is 0.375 bits per heavy atom. The summed E-state index contributed by atoms with van der Waals surface area (Å²) < 4.78 is 0. The molecule has 0 aromatic rings. The molecule has 0 N–H and O–H groups in total. The molecule has 3 saturated carbocycles. The molecule has 0 amide bonds. The number of hydrogen-bond donors (Lipinski definition) is 0. The Bertz CT molecular complexity index is 411. The Hall–Kier alpha value is 0. The van der Waals surface area contributed by atoms with Crippen LogP contribution >= 0.6 is 0 Å². The highest BCUT2D eigenvalue weighted by Gasteiger charge is 2.59. The van der Waals surface area contributed by atoms with Crippen LogP contribution in [0.3, 0.4) is 0 Å². The monoisotopic (exact) mass is 332 g/mol. The molecule has 3 aliphatic carbocycles. The van der Waals surface area contributed by atoms with E-state index in [1.54, 1.807) is 0 Å². The van der Waals surface area contributed by atoms with Gasteiger partial charge in [-0.2, -0.15) is 0 Å². The summed E-state index contributed by atoms with van der Waals surface area (Å²) in [7, 11) is 0. The lowest BCUT2D eigenvalue weighted by atomic mass is 9.40. The maximum absolute atomic E-state index is 2.62. The summed E-state index contributed by atoms with van der Waals surface area (Å²) in [6.45, 7) is 25.9. The van der Waals surface area contributed by atoms with Gasteiger partial charge in [-0.05, 0) is 82.9 Å². The number of rotatable bonds is 0. The van der Waals surface area contributed by atoms with Crippen LogP contribution in [0.15, 0.2) is 0 Å². The predicted octanol–water partition coefficient (Wildman–Crippen LogP) is 6.85. The first-order chi connectivity index (χ1) is 11.1. The fourth-order valence-electron chi connectivity index (χ4n) is 8.29. The highest BCUT2D eigenvalue weighted by Crippen LogP contribution is 2.64. The van der Waals surface area contributed by atoms with E-state index in [9.17, 15) is 0 Å². The summed E-state index contributed by atoms with van der Waals surface area (Å²) in [6, 6.07) is 0. The van der Waals surface area contributed by atoms with Crippen LogP contribution in [0.25, 0.3) is 0 Å².